The predicted octanol–water partition coefficient (Wildman–Crippen LogP) is -0.573. The van der Waals surface area contributed by atoms with Crippen molar-refractivity contribution in [2.45, 2.75) is 6.10 Å². The second-order valence-electron chi connectivity index (χ2n) is 3.32. The molecular weight excluding hydrogens is 172 g/mol. The molecular formula is C8H14N2O3. The van der Waals surface area contributed by atoms with Crippen molar-refractivity contribution < 1.29 is 14.3 Å². The first-order valence-electron chi connectivity index (χ1n) is 4.59. The summed E-state index contributed by atoms with van der Waals surface area (Å²) in [7, 11) is 0. The van der Waals surface area contributed by atoms with E-state index in [0.717, 1.165) is 32.8 Å². The smallest absolute Gasteiger partial charge is 0.407 e. The summed E-state index contributed by atoms with van der Waals surface area (Å²) in [5.41, 5.74) is 0. The Hall–Kier alpha value is -0.810. The van der Waals surface area contributed by atoms with Crippen molar-refractivity contribution in [1.82, 2.24) is 10.2 Å². The maximum Gasteiger partial charge on any atom is 0.407 e. The third kappa shape index (κ3) is 2.32. The molecule has 2 fully saturated rings. The lowest BCUT2D eigenvalue weighted by atomic mass is 10.3. The number of hydrogen-bond donors (Lipinski definition) is 1. The van der Waals surface area contributed by atoms with E-state index in [1.165, 1.54) is 0 Å². The van der Waals surface area contributed by atoms with E-state index in [0.29, 0.717) is 6.54 Å². The van der Waals surface area contributed by atoms with Crippen molar-refractivity contribution in [3.05, 3.63) is 0 Å². The third-order valence-corrected chi connectivity index (χ3v) is 2.31. The van der Waals surface area contributed by atoms with Crippen LogP contribution in [-0.2, 0) is 9.47 Å². The van der Waals surface area contributed by atoms with Gasteiger partial charge in [0.2, 0.25) is 0 Å². The maximum absolute atomic E-state index is 10.7. The molecule has 5 nitrogen and oxygen atoms in total. The first-order valence-corrected chi connectivity index (χ1v) is 4.59. The van der Waals surface area contributed by atoms with E-state index in [1.807, 2.05) is 0 Å². The van der Waals surface area contributed by atoms with Gasteiger partial charge in [-0.05, 0) is 0 Å². The molecule has 2 heterocycles. The maximum atomic E-state index is 10.7. The van der Waals surface area contributed by atoms with Crippen LogP contribution in [0.1, 0.15) is 0 Å². The van der Waals surface area contributed by atoms with Crippen molar-refractivity contribution in [1.29, 1.82) is 0 Å². The average molecular weight is 186 g/mol. The van der Waals surface area contributed by atoms with Gasteiger partial charge in [-0.25, -0.2) is 4.79 Å². The summed E-state index contributed by atoms with van der Waals surface area (Å²) >= 11 is 0. The molecule has 2 aliphatic heterocycles. The molecule has 0 saturated carbocycles. The fourth-order valence-electron chi connectivity index (χ4n) is 1.61. The number of carbonyl (C=O) groups is 1. The Bertz CT molecular complexity index is 192. The largest absolute Gasteiger partial charge is 0.443 e. The zero-order valence-corrected chi connectivity index (χ0v) is 7.49. The summed E-state index contributed by atoms with van der Waals surface area (Å²) in [6.45, 7) is 4.91. The molecule has 0 aromatic heterocycles. The summed E-state index contributed by atoms with van der Waals surface area (Å²) in [5.74, 6) is 0. The molecule has 0 unspecified atom stereocenters. The zero-order chi connectivity index (χ0) is 9.10. The monoisotopic (exact) mass is 186 g/mol. The number of morpholine rings is 1. The molecule has 0 bridgehead atoms. The number of hydrogen-bond acceptors (Lipinski definition) is 4. The fourth-order valence-corrected chi connectivity index (χ4v) is 1.61. The van der Waals surface area contributed by atoms with E-state index in [2.05, 4.69) is 10.2 Å². The van der Waals surface area contributed by atoms with Crippen molar-refractivity contribution in [3.8, 4) is 0 Å². The number of cyclic esters (lactones) is 1. The minimum atomic E-state index is -0.293. The van der Waals surface area contributed by atoms with E-state index in [9.17, 15) is 4.79 Å². The fraction of sp³-hybridized carbons (Fsp3) is 0.875. The Balaban J connectivity index is 1.73. The standard InChI is InChI=1S/C8H14N2O3/c11-8-9-5-7(13-8)6-10-1-3-12-4-2-10/h7H,1-6H2,(H,9,11)/t7-/m0/s1. The van der Waals surface area contributed by atoms with Crippen LogP contribution in [0.3, 0.4) is 0 Å². The molecule has 0 spiro atoms. The number of nitrogens with zero attached hydrogens (tertiary/aromatic N) is 1. The SMILES string of the molecule is O=C1NC[C@@H](CN2CCOCC2)O1. The highest BCUT2D eigenvalue weighted by Gasteiger charge is 2.25. The van der Waals surface area contributed by atoms with Gasteiger partial charge in [-0.3, -0.25) is 4.90 Å². The van der Waals surface area contributed by atoms with Crippen LogP contribution in [0.5, 0.6) is 0 Å². The Labute approximate surface area is 77.0 Å². The van der Waals surface area contributed by atoms with Crippen molar-refractivity contribution in [2.75, 3.05) is 39.4 Å². The van der Waals surface area contributed by atoms with Gasteiger partial charge >= 0.3 is 6.09 Å². The summed E-state index contributed by atoms with van der Waals surface area (Å²) < 4.78 is 10.3. The molecule has 1 atom stereocenters. The van der Waals surface area contributed by atoms with Gasteiger partial charge in [0.05, 0.1) is 19.8 Å². The topological polar surface area (TPSA) is 50.8 Å². The van der Waals surface area contributed by atoms with Crippen LogP contribution in [0.2, 0.25) is 0 Å². The summed E-state index contributed by atoms with van der Waals surface area (Å²) in [6, 6.07) is 0. The van der Waals surface area contributed by atoms with Crippen LogP contribution in [0.25, 0.3) is 0 Å². The highest BCUT2D eigenvalue weighted by atomic mass is 16.6. The molecule has 0 aliphatic carbocycles. The number of carbonyl (C=O) groups excluding carboxylic acids is 1. The highest BCUT2D eigenvalue weighted by Crippen LogP contribution is 2.04. The van der Waals surface area contributed by atoms with Crippen molar-refractivity contribution in [2.24, 2.45) is 0 Å². The molecule has 13 heavy (non-hydrogen) atoms. The van der Waals surface area contributed by atoms with Gasteiger partial charge in [0.15, 0.2) is 0 Å². The van der Waals surface area contributed by atoms with E-state index >= 15 is 0 Å². The quantitative estimate of drug-likeness (QED) is 0.627. The van der Waals surface area contributed by atoms with E-state index in [4.69, 9.17) is 9.47 Å². The molecule has 1 N–H and O–H groups in total. The summed E-state index contributed by atoms with van der Waals surface area (Å²) in [6.07, 6.45) is -0.274. The Morgan fingerprint density at radius 2 is 2.23 bits per heavy atom. The lowest BCUT2D eigenvalue weighted by Crippen LogP contribution is -2.41. The van der Waals surface area contributed by atoms with Crippen LogP contribution >= 0.6 is 0 Å². The van der Waals surface area contributed by atoms with Crippen LogP contribution in [0.15, 0.2) is 0 Å². The predicted molar refractivity (Wildman–Crippen MR) is 45.5 cm³/mol. The highest BCUT2D eigenvalue weighted by molar-refractivity contribution is 5.69. The molecule has 74 valence electrons. The molecule has 2 aliphatic rings. The lowest BCUT2D eigenvalue weighted by molar-refractivity contribution is 0.0188. The Morgan fingerprint density at radius 3 is 2.85 bits per heavy atom. The third-order valence-electron chi connectivity index (χ3n) is 2.31. The first kappa shape index (κ1) is 8.77. The van der Waals surface area contributed by atoms with Gasteiger partial charge in [0.25, 0.3) is 0 Å². The lowest BCUT2D eigenvalue weighted by Gasteiger charge is -2.27. The van der Waals surface area contributed by atoms with Crippen LogP contribution in [0, 0.1) is 0 Å². The average Bonchev–Trinajstić information content (AvgIpc) is 2.53. The molecule has 2 saturated heterocycles. The second kappa shape index (κ2) is 3.93. The number of alkyl carbamates (subject to hydrolysis) is 1. The van der Waals surface area contributed by atoms with Gasteiger partial charge in [-0.1, -0.05) is 0 Å². The number of amides is 1. The van der Waals surface area contributed by atoms with E-state index < -0.39 is 0 Å². The first-order chi connectivity index (χ1) is 6.34. The minimum absolute atomic E-state index is 0.0191. The number of nitrogens with one attached hydrogen (secondary N) is 1. The van der Waals surface area contributed by atoms with Gasteiger partial charge in [0.1, 0.15) is 6.10 Å². The zero-order valence-electron chi connectivity index (χ0n) is 7.49. The Morgan fingerprint density at radius 1 is 1.46 bits per heavy atom. The van der Waals surface area contributed by atoms with Crippen molar-refractivity contribution in [3.63, 3.8) is 0 Å². The summed E-state index contributed by atoms with van der Waals surface area (Å²) in [4.78, 5) is 13.0. The van der Waals surface area contributed by atoms with Gasteiger partial charge in [0, 0.05) is 19.6 Å². The van der Waals surface area contributed by atoms with Crippen molar-refractivity contribution >= 4 is 6.09 Å². The molecule has 1 amide bonds. The van der Waals surface area contributed by atoms with E-state index in [-0.39, 0.29) is 12.2 Å². The van der Waals surface area contributed by atoms with Crippen LogP contribution < -0.4 is 5.32 Å². The molecule has 0 aromatic carbocycles. The molecule has 5 heteroatoms. The molecule has 2 rings (SSSR count). The number of ether oxygens (including phenoxy) is 2. The minimum Gasteiger partial charge on any atom is -0.443 e. The van der Waals surface area contributed by atoms with Gasteiger partial charge < -0.3 is 14.8 Å². The van der Waals surface area contributed by atoms with Crippen LogP contribution in [0.4, 0.5) is 4.79 Å². The Kier molecular flexibility index (Phi) is 2.65. The molecule has 0 aromatic rings. The van der Waals surface area contributed by atoms with Crippen LogP contribution in [-0.4, -0.2) is 56.5 Å². The molecule has 0 radical (unpaired) electrons. The van der Waals surface area contributed by atoms with Gasteiger partial charge in [-0.2, -0.15) is 0 Å². The number of rotatable bonds is 2. The van der Waals surface area contributed by atoms with Gasteiger partial charge in [-0.15, -0.1) is 0 Å². The normalized spacial score (nSPS) is 29.8. The van der Waals surface area contributed by atoms with E-state index in [1.54, 1.807) is 0 Å². The summed E-state index contributed by atoms with van der Waals surface area (Å²) in [5, 5.41) is 2.64. The second-order valence-corrected chi connectivity index (χ2v) is 3.32.